The van der Waals surface area contributed by atoms with Crippen LogP contribution >= 0.6 is 11.3 Å². The van der Waals surface area contributed by atoms with Gasteiger partial charge < -0.3 is 5.73 Å². The second-order valence-electron chi connectivity index (χ2n) is 4.91. The predicted molar refractivity (Wildman–Crippen MR) is 61.2 cm³/mol. The maximum atomic E-state index is 5.87. The van der Waals surface area contributed by atoms with Gasteiger partial charge in [0.1, 0.15) is 0 Å². The van der Waals surface area contributed by atoms with Crippen molar-refractivity contribution in [2.24, 2.45) is 5.41 Å². The molecule has 1 rings (SSSR count). The number of hydrogen-bond donors (Lipinski definition) is 1. The molecule has 0 aromatic carbocycles. The van der Waals surface area contributed by atoms with E-state index < -0.39 is 0 Å². The second kappa shape index (κ2) is 3.70. The fourth-order valence-corrected chi connectivity index (χ4v) is 2.62. The van der Waals surface area contributed by atoms with Crippen molar-refractivity contribution >= 4 is 17.0 Å². The zero-order valence-corrected chi connectivity index (χ0v) is 9.74. The number of hydrogen-bond acceptors (Lipinski definition) is 2. The van der Waals surface area contributed by atoms with Gasteiger partial charge in [0.2, 0.25) is 0 Å². The van der Waals surface area contributed by atoms with Crippen molar-refractivity contribution in [1.29, 1.82) is 0 Å². The Balaban J connectivity index is 2.69. The third-order valence-electron chi connectivity index (χ3n) is 2.09. The fourth-order valence-electron chi connectivity index (χ4n) is 1.74. The number of rotatable bonds is 2. The summed E-state index contributed by atoms with van der Waals surface area (Å²) >= 11 is 1.77. The van der Waals surface area contributed by atoms with Crippen molar-refractivity contribution < 1.29 is 0 Å². The summed E-state index contributed by atoms with van der Waals surface area (Å²) < 4.78 is 0. The molecule has 1 aromatic heterocycles. The van der Waals surface area contributed by atoms with Gasteiger partial charge in [0.15, 0.2) is 0 Å². The van der Waals surface area contributed by atoms with Crippen molar-refractivity contribution in [3.63, 3.8) is 0 Å². The first-order valence-electron chi connectivity index (χ1n) is 4.73. The van der Waals surface area contributed by atoms with E-state index in [4.69, 9.17) is 5.73 Å². The Hall–Kier alpha value is -0.500. The van der Waals surface area contributed by atoms with E-state index in [0.29, 0.717) is 11.3 Å². The molecule has 0 fully saturated rings. The van der Waals surface area contributed by atoms with Crippen molar-refractivity contribution in [3.8, 4) is 0 Å². The summed E-state index contributed by atoms with van der Waals surface area (Å²) in [4.78, 5) is 1.34. The molecule has 0 amide bonds. The summed E-state index contributed by atoms with van der Waals surface area (Å²) in [5, 5.41) is 2.07. The Morgan fingerprint density at radius 2 is 2.08 bits per heavy atom. The van der Waals surface area contributed by atoms with E-state index in [9.17, 15) is 0 Å². The molecule has 0 aliphatic heterocycles. The van der Waals surface area contributed by atoms with Crippen LogP contribution in [-0.2, 0) is 0 Å². The number of nitrogens with two attached hydrogens (primary N) is 1. The van der Waals surface area contributed by atoms with Crippen LogP contribution in [0.4, 0.5) is 5.69 Å². The molecular formula is C11H19NS. The first kappa shape index (κ1) is 10.6. The third-order valence-corrected chi connectivity index (χ3v) is 3.26. The molecule has 0 bridgehead atoms. The molecule has 0 saturated heterocycles. The minimum absolute atomic E-state index is 0.385. The normalized spacial score (nSPS) is 14.5. The summed E-state index contributed by atoms with van der Waals surface area (Å²) in [6, 6.07) is 2.00. The van der Waals surface area contributed by atoms with Gasteiger partial charge in [-0.1, -0.05) is 27.7 Å². The molecule has 0 unspecified atom stereocenters. The van der Waals surface area contributed by atoms with Crippen LogP contribution in [-0.4, -0.2) is 0 Å². The van der Waals surface area contributed by atoms with E-state index in [1.165, 1.54) is 11.3 Å². The van der Waals surface area contributed by atoms with Gasteiger partial charge >= 0.3 is 0 Å². The summed E-state index contributed by atoms with van der Waals surface area (Å²) in [5.74, 6) is 0.583. The Kier molecular flexibility index (Phi) is 3.01. The average Bonchev–Trinajstić information content (AvgIpc) is 2.30. The van der Waals surface area contributed by atoms with Gasteiger partial charge in [-0.05, 0) is 29.2 Å². The zero-order valence-electron chi connectivity index (χ0n) is 8.92. The zero-order chi connectivity index (χ0) is 10.1. The fraction of sp³-hybridized carbons (Fsp3) is 0.636. The molecule has 1 aromatic rings. The number of nitrogen functional groups attached to an aromatic ring is 1. The molecule has 1 nitrogen and oxygen atoms in total. The first-order valence-corrected chi connectivity index (χ1v) is 5.61. The minimum Gasteiger partial charge on any atom is -0.398 e. The van der Waals surface area contributed by atoms with Gasteiger partial charge in [0, 0.05) is 10.6 Å². The first-order chi connectivity index (χ1) is 5.90. The lowest BCUT2D eigenvalue weighted by Gasteiger charge is -2.22. The van der Waals surface area contributed by atoms with Gasteiger partial charge in [-0.2, -0.15) is 0 Å². The maximum Gasteiger partial charge on any atom is 0.0458 e. The molecule has 2 N–H and O–H groups in total. The van der Waals surface area contributed by atoms with E-state index >= 15 is 0 Å². The molecule has 0 aliphatic rings. The molecule has 2 heteroatoms. The van der Waals surface area contributed by atoms with E-state index in [2.05, 4.69) is 33.1 Å². The molecule has 0 spiro atoms. The standard InChI is InChI=1S/C11H19NS/c1-8(7-11(2,3)4)10-9(12)5-6-13-10/h5-6,8H,7,12H2,1-4H3/t8-/m1/s1. The van der Waals surface area contributed by atoms with E-state index in [1.54, 1.807) is 11.3 Å². The van der Waals surface area contributed by atoms with Gasteiger partial charge in [0.25, 0.3) is 0 Å². The molecule has 0 radical (unpaired) electrons. The maximum absolute atomic E-state index is 5.87. The van der Waals surface area contributed by atoms with Crippen molar-refractivity contribution in [2.45, 2.75) is 40.0 Å². The van der Waals surface area contributed by atoms with Gasteiger partial charge in [-0.3, -0.25) is 0 Å². The highest BCUT2D eigenvalue weighted by molar-refractivity contribution is 7.10. The van der Waals surface area contributed by atoms with Gasteiger partial charge in [-0.15, -0.1) is 11.3 Å². The Morgan fingerprint density at radius 1 is 1.46 bits per heavy atom. The van der Waals surface area contributed by atoms with Crippen LogP contribution < -0.4 is 5.73 Å². The summed E-state index contributed by atoms with van der Waals surface area (Å²) in [6.45, 7) is 9.07. The van der Waals surface area contributed by atoms with Gasteiger partial charge in [0.05, 0.1) is 0 Å². The summed E-state index contributed by atoms with van der Waals surface area (Å²) in [6.07, 6.45) is 1.19. The lowest BCUT2D eigenvalue weighted by Crippen LogP contribution is -2.09. The second-order valence-corrected chi connectivity index (χ2v) is 5.85. The highest BCUT2D eigenvalue weighted by Crippen LogP contribution is 2.36. The Morgan fingerprint density at radius 3 is 2.46 bits per heavy atom. The smallest absolute Gasteiger partial charge is 0.0458 e. The lowest BCUT2D eigenvalue weighted by atomic mass is 9.85. The molecule has 0 aliphatic carbocycles. The van der Waals surface area contributed by atoms with Crippen LogP contribution in [0.3, 0.4) is 0 Å². The highest BCUT2D eigenvalue weighted by Gasteiger charge is 2.18. The van der Waals surface area contributed by atoms with Crippen molar-refractivity contribution in [3.05, 3.63) is 16.3 Å². The highest BCUT2D eigenvalue weighted by atomic mass is 32.1. The van der Waals surface area contributed by atoms with Crippen LogP contribution in [0.15, 0.2) is 11.4 Å². The van der Waals surface area contributed by atoms with E-state index in [1.807, 2.05) is 6.07 Å². The Labute approximate surface area is 85.0 Å². The number of thiophene rings is 1. The van der Waals surface area contributed by atoms with Crippen molar-refractivity contribution in [2.75, 3.05) is 5.73 Å². The molecule has 74 valence electrons. The average molecular weight is 197 g/mol. The minimum atomic E-state index is 0.385. The van der Waals surface area contributed by atoms with Crippen LogP contribution in [0.5, 0.6) is 0 Å². The summed E-state index contributed by atoms with van der Waals surface area (Å²) in [5.41, 5.74) is 7.22. The van der Waals surface area contributed by atoms with Crippen LogP contribution in [0, 0.1) is 5.41 Å². The van der Waals surface area contributed by atoms with Crippen molar-refractivity contribution in [1.82, 2.24) is 0 Å². The summed E-state index contributed by atoms with van der Waals surface area (Å²) in [7, 11) is 0. The lowest BCUT2D eigenvalue weighted by molar-refractivity contribution is 0.351. The van der Waals surface area contributed by atoms with E-state index in [0.717, 1.165) is 5.69 Å². The Bertz CT molecular complexity index is 270. The monoisotopic (exact) mass is 197 g/mol. The van der Waals surface area contributed by atoms with Crippen LogP contribution in [0.25, 0.3) is 0 Å². The SMILES string of the molecule is C[C@H](CC(C)(C)C)c1sccc1N. The van der Waals surface area contributed by atoms with Crippen LogP contribution in [0.2, 0.25) is 0 Å². The quantitative estimate of drug-likeness (QED) is 0.765. The molecule has 1 atom stereocenters. The largest absolute Gasteiger partial charge is 0.398 e. The van der Waals surface area contributed by atoms with Crippen LogP contribution in [0.1, 0.15) is 44.9 Å². The number of anilines is 1. The van der Waals surface area contributed by atoms with E-state index in [-0.39, 0.29) is 0 Å². The van der Waals surface area contributed by atoms with Gasteiger partial charge in [-0.25, -0.2) is 0 Å². The molecule has 0 saturated carbocycles. The topological polar surface area (TPSA) is 26.0 Å². The predicted octanol–water partition coefficient (Wildman–Crippen LogP) is 3.87. The molecular weight excluding hydrogens is 178 g/mol. The molecule has 1 heterocycles. The third kappa shape index (κ3) is 3.03. The molecule has 13 heavy (non-hydrogen) atoms.